The summed E-state index contributed by atoms with van der Waals surface area (Å²) >= 11 is 0. The molecule has 1 aliphatic heterocycles. The minimum absolute atomic E-state index is 0.0705. The lowest BCUT2D eigenvalue weighted by molar-refractivity contribution is -0.159. The van der Waals surface area contributed by atoms with E-state index in [-0.39, 0.29) is 17.2 Å². The van der Waals surface area contributed by atoms with E-state index < -0.39 is 8.24 Å². The van der Waals surface area contributed by atoms with Crippen LogP contribution < -0.4 is 4.74 Å². The fourth-order valence-electron chi connectivity index (χ4n) is 2.62. The Labute approximate surface area is 146 Å². The summed E-state index contributed by atoms with van der Waals surface area (Å²) in [5, 5.41) is 0.129. The van der Waals surface area contributed by atoms with E-state index in [1.807, 2.05) is 41.0 Å². The van der Waals surface area contributed by atoms with Crippen molar-refractivity contribution < 1.29 is 14.3 Å². The molecule has 0 aromatic heterocycles. The summed E-state index contributed by atoms with van der Waals surface area (Å²) in [6, 6.07) is 7.88. The van der Waals surface area contributed by atoms with Crippen LogP contribution in [0.2, 0.25) is 18.1 Å². The van der Waals surface area contributed by atoms with Gasteiger partial charge in [-0.1, -0.05) is 58.2 Å². The number of β-lactam (4-membered cyclic amide) rings is 1. The first-order valence-electron chi connectivity index (χ1n) is 8.41. The van der Waals surface area contributed by atoms with Crippen molar-refractivity contribution in [2.45, 2.75) is 51.6 Å². The SMILES string of the molecule is COc1ccc(/C=C/COC2CC(=O)N2[Si](C)(C)C(C)(C)C)cc1. The van der Waals surface area contributed by atoms with Gasteiger partial charge in [-0.3, -0.25) is 4.79 Å². The van der Waals surface area contributed by atoms with Gasteiger partial charge in [-0.05, 0) is 22.7 Å². The molecule has 1 unspecified atom stereocenters. The number of amides is 1. The number of carbonyl (C=O) groups excluding carboxylic acids is 1. The molecular weight excluding hydrogens is 318 g/mol. The Morgan fingerprint density at radius 3 is 2.38 bits per heavy atom. The van der Waals surface area contributed by atoms with E-state index >= 15 is 0 Å². The third-order valence-corrected chi connectivity index (χ3v) is 10.6. The van der Waals surface area contributed by atoms with E-state index in [1.165, 1.54) is 0 Å². The van der Waals surface area contributed by atoms with Gasteiger partial charge in [-0.25, -0.2) is 0 Å². The molecule has 1 aromatic rings. The number of hydrogen-bond acceptors (Lipinski definition) is 3. The van der Waals surface area contributed by atoms with Crippen LogP contribution in [0.4, 0.5) is 0 Å². The molecule has 5 heteroatoms. The minimum Gasteiger partial charge on any atom is -0.497 e. The fourth-order valence-corrected chi connectivity index (χ4v) is 4.94. The monoisotopic (exact) mass is 347 g/mol. The Kier molecular flexibility index (Phi) is 5.55. The van der Waals surface area contributed by atoms with Gasteiger partial charge in [0.1, 0.15) is 12.0 Å². The van der Waals surface area contributed by atoms with Crippen molar-refractivity contribution in [2.24, 2.45) is 0 Å². The zero-order valence-electron chi connectivity index (χ0n) is 15.6. The summed E-state index contributed by atoms with van der Waals surface area (Å²) in [4.78, 5) is 12.1. The molecule has 0 N–H and O–H groups in total. The summed E-state index contributed by atoms with van der Waals surface area (Å²) in [6.07, 6.45) is 4.45. The zero-order chi connectivity index (χ0) is 18.0. The fraction of sp³-hybridized carbons (Fsp3) is 0.526. The van der Waals surface area contributed by atoms with Crippen LogP contribution in [0, 0.1) is 0 Å². The highest BCUT2D eigenvalue weighted by molar-refractivity contribution is 6.79. The van der Waals surface area contributed by atoms with Gasteiger partial charge >= 0.3 is 0 Å². The lowest BCUT2D eigenvalue weighted by atomic mass is 10.2. The topological polar surface area (TPSA) is 38.8 Å². The normalized spacial score (nSPS) is 18.8. The predicted octanol–water partition coefficient (Wildman–Crippen LogP) is 4.29. The number of carbonyl (C=O) groups is 1. The molecular formula is C19H29NO3Si. The third-order valence-electron chi connectivity index (χ3n) is 5.15. The van der Waals surface area contributed by atoms with Crippen molar-refractivity contribution in [1.29, 1.82) is 0 Å². The molecule has 132 valence electrons. The molecule has 1 fully saturated rings. The van der Waals surface area contributed by atoms with Gasteiger partial charge in [0.2, 0.25) is 5.91 Å². The van der Waals surface area contributed by atoms with Gasteiger partial charge in [-0.15, -0.1) is 0 Å². The van der Waals surface area contributed by atoms with Crippen LogP contribution in [0.3, 0.4) is 0 Å². The van der Waals surface area contributed by atoms with Gasteiger partial charge in [0.15, 0.2) is 8.24 Å². The number of nitrogens with zero attached hydrogens (tertiary/aromatic N) is 1. The van der Waals surface area contributed by atoms with E-state index in [0.29, 0.717) is 13.0 Å². The van der Waals surface area contributed by atoms with E-state index in [1.54, 1.807) is 7.11 Å². The molecule has 2 rings (SSSR count). The average Bonchev–Trinajstić information content (AvgIpc) is 2.49. The van der Waals surface area contributed by atoms with E-state index in [9.17, 15) is 4.79 Å². The summed E-state index contributed by atoms with van der Waals surface area (Å²) in [6.45, 7) is 11.6. The highest BCUT2D eigenvalue weighted by Crippen LogP contribution is 2.43. The molecule has 1 aromatic carbocycles. The Balaban J connectivity index is 1.90. The van der Waals surface area contributed by atoms with Crippen LogP contribution in [0.1, 0.15) is 32.8 Å². The first kappa shape index (κ1) is 18.7. The van der Waals surface area contributed by atoms with Crippen LogP contribution in [0.15, 0.2) is 30.3 Å². The average molecular weight is 348 g/mol. The van der Waals surface area contributed by atoms with Crippen molar-refractivity contribution in [3.63, 3.8) is 0 Å². The molecule has 24 heavy (non-hydrogen) atoms. The summed E-state index contributed by atoms with van der Waals surface area (Å²) in [5.74, 6) is 1.08. The third kappa shape index (κ3) is 3.90. The lowest BCUT2D eigenvalue weighted by Crippen LogP contribution is -2.68. The molecule has 0 spiro atoms. The molecule has 0 saturated carbocycles. The molecule has 1 amide bonds. The van der Waals surface area contributed by atoms with E-state index in [4.69, 9.17) is 9.47 Å². The highest BCUT2D eigenvalue weighted by Gasteiger charge is 2.52. The van der Waals surface area contributed by atoms with Crippen molar-refractivity contribution in [3.05, 3.63) is 35.9 Å². The van der Waals surface area contributed by atoms with E-state index in [2.05, 4.69) is 33.9 Å². The first-order chi connectivity index (χ1) is 11.2. The number of methoxy groups -OCH3 is 1. The van der Waals surface area contributed by atoms with Crippen LogP contribution in [-0.2, 0) is 9.53 Å². The number of hydrogen-bond donors (Lipinski definition) is 0. The minimum atomic E-state index is -1.86. The molecule has 1 heterocycles. The van der Waals surface area contributed by atoms with Gasteiger partial charge in [0.05, 0.1) is 20.1 Å². The summed E-state index contributed by atoms with van der Waals surface area (Å²) < 4.78 is 13.1. The van der Waals surface area contributed by atoms with E-state index in [0.717, 1.165) is 11.3 Å². The quantitative estimate of drug-likeness (QED) is 0.569. The number of benzene rings is 1. The van der Waals surface area contributed by atoms with Gasteiger partial charge < -0.3 is 14.0 Å². The predicted molar refractivity (Wildman–Crippen MR) is 100 cm³/mol. The van der Waals surface area contributed by atoms with Crippen LogP contribution in [-0.4, -0.2) is 38.7 Å². The maximum atomic E-state index is 12.1. The molecule has 0 radical (unpaired) electrons. The number of rotatable bonds is 6. The van der Waals surface area contributed by atoms with Crippen molar-refractivity contribution in [2.75, 3.05) is 13.7 Å². The highest BCUT2D eigenvalue weighted by atomic mass is 28.3. The smallest absolute Gasteiger partial charge is 0.221 e. The Morgan fingerprint density at radius 1 is 1.25 bits per heavy atom. The largest absolute Gasteiger partial charge is 0.497 e. The maximum Gasteiger partial charge on any atom is 0.221 e. The molecule has 0 bridgehead atoms. The zero-order valence-corrected chi connectivity index (χ0v) is 16.6. The molecule has 0 aliphatic carbocycles. The maximum absolute atomic E-state index is 12.1. The Hall–Kier alpha value is -1.59. The second-order valence-corrected chi connectivity index (χ2v) is 12.8. The van der Waals surface area contributed by atoms with Gasteiger partial charge in [-0.2, -0.15) is 0 Å². The Morgan fingerprint density at radius 2 is 1.88 bits per heavy atom. The Bertz CT molecular complexity index is 602. The second-order valence-electron chi connectivity index (χ2n) is 7.74. The first-order valence-corrected chi connectivity index (χ1v) is 11.4. The summed E-state index contributed by atoms with van der Waals surface area (Å²) in [7, 11) is -0.202. The summed E-state index contributed by atoms with van der Waals surface area (Å²) in [5.41, 5.74) is 1.10. The van der Waals surface area contributed by atoms with Crippen molar-refractivity contribution >= 4 is 20.2 Å². The molecule has 1 aliphatic rings. The van der Waals surface area contributed by atoms with Gasteiger partial charge in [0, 0.05) is 0 Å². The number of ether oxygens (including phenoxy) is 2. The molecule has 1 atom stereocenters. The molecule has 1 saturated heterocycles. The molecule has 4 nitrogen and oxygen atoms in total. The lowest BCUT2D eigenvalue weighted by Gasteiger charge is -2.54. The standard InChI is InChI=1S/C19H29NO3Si/c1-19(2,3)24(5,6)20-17(21)14-18(20)23-13-7-8-15-9-11-16(22-4)12-10-15/h7-12,18H,13-14H2,1-6H3/b8-7+. The second kappa shape index (κ2) is 7.11. The van der Waals surface area contributed by atoms with Crippen LogP contribution in [0.25, 0.3) is 6.08 Å². The van der Waals surface area contributed by atoms with Crippen LogP contribution >= 0.6 is 0 Å². The van der Waals surface area contributed by atoms with Crippen LogP contribution in [0.5, 0.6) is 5.75 Å². The van der Waals surface area contributed by atoms with Crippen molar-refractivity contribution in [1.82, 2.24) is 4.57 Å². The van der Waals surface area contributed by atoms with Gasteiger partial charge in [0.25, 0.3) is 0 Å². The van der Waals surface area contributed by atoms with Crippen molar-refractivity contribution in [3.8, 4) is 5.75 Å².